The van der Waals surface area contributed by atoms with E-state index in [1.807, 2.05) is 11.8 Å². The SMILES string of the molecule is Cc1cc(-c2noc(CCC(=O)N3CCNC[C@@H]3C)n2)ccc1F. The van der Waals surface area contributed by atoms with Crippen LogP contribution in [0.5, 0.6) is 0 Å². The number of carbonyl (C=O) groups excluding carboxylic acids is 1. The molecule has 1 aromatic heterocycles. The topological polar surface area (TPSA) is 71.3 Å². The molecule has 3 rings (SSSR count). The van der Waals surface area contributed by atoms with Crippen LogP contribution in [-0.2, 0) is 11.2 Å². The summed E-state index contributed by atoms with van der Waals surface area (Å²) < 4.78 is 18.5. The van der Waals surface area contributed by atoms with Gasteiger partial charge >= 0.3 is 0 Å². The van der Waals surface area contributed by atoms with E-state index in [-0.39, 0.29) is 17.8 Å². The number of aromatic nitrogens is 2. The van der Waals surface area contributed by atoms with Crippen LogP contribution in [0.3, 0.4) is 0 Å². The van der Waals surface area contributed by atoms with Crippen molar-refractivity contribution in [3.05, 3.63) is 35.5 Å². The number of nitrogens with one attached hydrogen (secondary N) is 1. The molecule has 1 aliphatic rings. The van der Waals surface area contributed by atoms with Crippen molar-refractivity contribution >= 4 is 5.91 Å². The highest BCUT2D eigenvalue weighted by Crippen LogP contribution is 2.19. The number of benzene rings is 1. The zero-order valence-corrected chi connectivity index (χ0v) is 13.9. The number of nitrogens with zero attached hydrogens (tertiary/aromatic N) is 3. The highest BCUT2D eigenvalue weighted by Gasteiger charge is 2.23. The van der Waals surface area contributed by atoms with Gasteiger partial charge in [0.1, 0.15) is 5.82 Å². The minimum Gasteiger partial charge on any atom is -0.339 e. The second-order valence-electron chi connectivity index (χ2n) is 6.12. The smallest absolute Gasteiger partial charge is 0.227 e. The van der Waals surface area contributed by atoms with Gasteiger partial charge in [-0.2, -0.15) is 4.98 Å². The third-order valence-electron chi connectivity index (χ3n) is 4.26. The lowest BCUT2D eigenvalue weighted by atomic mass is 10.1. The molecule has 1 N–H and O–H groups in total. The monoisotopic (exact) mass is 332 g/mol. The van der Waals surface area contributed by atoms with E-state index in [4.69, 9.17) is 4.52 Å². The molecule has 1 aliphatic heterocycles. The van der Waals surface area contributed by atoms with Crippen molar-refractivity contribution in [3.8, 4) is 11.4 Å². The first-order valence-corrected chi connectivity index (χ1v) is 8.14. The number of halogens is 1. The molecule has 128 valence electrons. The van der Waals surface area contributed by atoms with Crippen molar-refractivity contribution in [2.24, 2.45) is 0 Å². The Morgan fingerprint density at radius 2 is 2.33 bits per heavy atom. The van der Waals surface area contributed by atoms with E-state index in [9.17, 15) is 9.18 Å². The van der Waals surface area contributed by atoms with E-state index in [1.54, 1.807) is 19.1 Å². The van der Waals surface area contributed by atoms with Gasteiger partial charge in [-0.15, -0.1) is 0 Å². The highest BCUT2D eigenvalue weighted by molar-refractivity contribution is 5.76. The number of amides is 1. The average molecular weight is 332 g/mol. The Balaban J connectivity index is 1.61. The molecule has 1 fully saturated rings. The van der Waals surface area contributed by atoms with Crippen LogP contribution in [0.15, 0.2) is 22.7 Å². The van der Waals surface area contributed by atoms with Crippen molar-refractivity contribution < 1.29 is 13.7 Å². The molecule has 24 heavy (non-hydrogen) atoms. The molecule has 1 aromatic carbocycles. The number of aryl methyl sites for hydroxylation is 2. The molecule has 1 atom stereocenters. The Kier molecular flexibility index (Phi) is 4.89. The Labute approximate surface area is 140 Å². The van der Waals surface area contributed by atoms with Gasteiger partial charge in [0.2, 0.25) is 17.6 Å². The van der Waals surface area contributed by atoms with E-state index < -0.39 is 0 Å². The van der Waals surface area contributed by atoms with Gasteiger partial charge in [0.15, 0.2) is 0 Å². The number of carbonyl (C=O) groups is 1. The predicted octanol–water partition coefficient (Wildman–Crippen LogP) is 1.94. The minimum atomic E-state index is -0.266. The molecule has 0 bridgehead atoms. The Bertz CT molecular complexity index is 731. The lowest BCUT2D eigenvalue weighted by molar-refractivity contribution is -0.134. The third kappa shape index (κ3) is 3.62. The summed E-state index contributed by atoms with van der Waals surface area (Å²) in [5, 5.41) is 7.18. The zero-order valence-electron chi connectivity index (χ0n) is 13.9. The second kappa shape index (κ2) is 7.09. The summed E-state index contributed by atoms with van der Waals surface area (Å²) in [5.74, 6) is 0.666. The zero-order chi connectivity index (χ0) is 17.1. The van der Waals surface area contributed by atoms with Crippen molar-refractivity contribution in [1.82, 2.24) is 20.4 Å². The molecule has 7 heteroatoms. The van der Waals surface area contributed by atoms with E-state index in [0.29, 0.717) is 35.7 Å². The molecule has 0 spiro atoms. The van der Waals surface area contributed by atoms with Crippen molar-refractivity contribution in [1.29, 1.82) is 0 Å². The fraction of sp³-hybridized carbons (Fsp3) is 0.471. The number of piperazine rings is 1. The number of rotatable bonds is 4. The molecule has 1 amide bonds. The van der Waals surface area contributed by atoms with E-state index in [2.05, 4.69) is 15.5 Å². The van der Waals surface area contributed by atoms with Gasteiger partial charge in [-0.25, -0.2) is 4.39 Å². The van der Waals surface area contributed by atoms with Crippen LogP contribution < -0.4 is 5.32 Å². The summed E-state index contributed by atoms with van der Waals surface area (Å²) in [6.45, 7) is 6.09. The molecule has 2 aromatic rings. The van der Waals surface area contributed by atoms with Crippen LogP contribution in [0, 0.1) is 12.7 Å². The van der Waals surface area contributed by atoms with Crippen molar-refractivity contribution in [3.63, 3.8) is 0 Å². The van der Waals surface area contributed by atoms with E-state index >= 15 is 0 Å². The van der Waals surface area contributed by atoms with Crippen LogP contribution >= 0.6 is 0 Å². The quantitative estimate of drug-likeness (QED) is 0.926. The highest BCUT2D eigenvalue weighted by atomic mass is 19.1. The molecule has 0 aliphatic carbocycles. The van der Waals surface area contributed by atoms with Gasteiger partial charge in [-0.3, -0.25) is 4.79 Å². The molecule has 0 unspecified atom stereocenters. The maximum absolute atomic E-state index is 13.3. The van der Waals surface area contributed by atoms with Gasteiger partial charge in [0, 0.05) is 44.1 Å². The summed E-state index contributed by atoms with van der Waals surface area (Å²) >= 11 is 0. The fourth-order valence-corrected chi connectivity index (χ4v) is 2.83. The molecule has 2 heterocycles. The maximum Gasteiger partial charge on any atom is 0.227 e. The fourth-order valence-electron chi connectivity index (χ4n) is 2.83. The van der Waals surface area contributed by atoms with Crippen molar-refractivity contribution in [2.75, 3.05) is 19.6 Å². The normalized spacial score (nSPS) is 18.0. The Hall–Kier alpha value is -2.28. The number of hydrogen-bond donors (Lipinski definition) is 1. The largest absolute Gasteiger partial charge is 0.339 e. The summed E-state index contributed by atoms with van der Waals surface area (Å²) in [5.41, 5.74) is 1.23. The van der Waals surface area contributed by atoms with Crippen LogP contribution in [0.1, 0.15) is 24.8 Å². The third-order valence-corrected chi connectivity index (χ3v) is 4.26. The maximum atomic E-state index is 13.3. The summed E-state index contributed by atoms with van der Waals surface area (Å²) in [4.78, 5) is 18.5. The summed E-state index contributed by atoms with van der Waals surface area (Å²) in [6, 6.07) is 4.88. The summed E-state index contributed by atoms with van der Waals surface area (Å²) in [7, 11) is 0. The van der Waals surface area contributed by atoms with Crippen molar-refractivity contribution in [2.45, 2.75) is 32.7 Å². The van der Waals surface area contributed by atoms with Crippen LogP contribution in [0.2, 0.25) is 0 Å². The van der Waals surface area contributed by atoms with Gasteiger partial charge in [0.25, 0.3) is 0 Å². The van der Waals surface area contributed by atoms with Gasteiger partial charge in [-0.1, -0.05) is 5.16 Å². The Morgan fingerprint density at radius 1 is 1.50 bits per heavy atom. The van der Waals surface area contributed by atoms with Crippen LogP contribution in [-0.4, -0.2) is 46.6 Å². The molecule has 1 saturated heterocycles. The lowest BCUT2D eigenvalue weighted by Gasteiger charge is -2.34. The molecule has 0 radical (unpaired) electrons. The number of hydrogen-bond acceptors (Lipinski definition) is 5. The van der Waals surface area contributed by atoms with Crippen LogP contribution in [0.4, 0.5) is 4.39 Å². The van der Waals surface area contributed by atoms with Gasteiger partial charge < -0.3 is 14.7 Å². The molecule has 0 saturated carbocycles. The molecular formula is C17H21FN4O2. The lowest BCUT2D eigenvalue weighted by Crippen LogP contribution is -2.52. The van der Waals surface area contributed by atoms with Gasteiger partial charge in [0.05, 0.1) is 0 Å². The molecule has 6 nitrogen and oxygen atoms in total. The first-order valence-electron chi connectivity index (χ1n) is 8.14. The predicted molar refractivity (Wildman–Crippen MR) is 86.8 cm³/mol. The van der Waals surface area contributed by atoms with Gasteiger partial charge in [-0.05, 0) is 37.6 Å². The average Bonchev–Trinajstić information content (AvgIpc) is 3.04. The van der Waals surface area contributed by atoms with E-state index in [0.717, 1.165) is 19.6 Å². The van der Waals surface area contributed by atoms with E-state index in [1.165, 1.54) is 6.07 Å². The molecular weight excluding hydrogens is 311 g/mol. The first-order chi connectivity index (χ1) is 11.5. The Morgan fingerprint density at radius 3 is 3.08 bits per heavy atom. The summed E-state index contributed by atoms with van der Waals surface area (Å²) in [6.07, 6.45) is 0.747. The first kappa shape index (κ1) is 16.6. The van der Waals surface area contributed by atoms with Crippen LogP contribution in [0.25, 0.3) is 11.4 Å². The minimum absolute atomic E-state index is 0.0985. The standard InChI is InChI=1S/C17H21FN4O2/c1-11-9-13(3-4-14(11)18)17-20-15(24-21-17)5-6-16(23)22-8-7-19-10-12(22)2/h3-4,9,12,19H,5-8,10H2,1-2H3/t12-/m0/s1. The second-order valence-corrected chi connectivity index (χ2v) is 6.12.